The maximum Gasteiger partial charge on any atom is 0.310 e. The number of ether oxygens (including phenoxy) is 1. The zero-order chi connectivity index (χ0) is 18.3. The van der Waals surface area contributed by atoms with Crippen molar-refractivity contribution in [1.82, 2.24) is 9.71 Å². The summed E-state index contributed by atoms with van der Waals surface area (Å²) in [5.74, 6) is -0.426. The molecule has 0 bridgehead atoms. The molecule has 0 radical (unpaired) electrons. The third-order valence-electron chi connectivity index (χ3n) is 4.20. The Morgan fingerprint density at radius 3 is 2.42 bits per heavy atom. The van der Waals surface area contributed by atoms with Crippen molar-refractivity contribution in [2.24, 2.45) is 11.3 Å². The lowest BCUT2D eigenvalue weighted by molar-refractivity contribution is -0.145. The lowest BCUT2D eigenvalue weighted by atomic mass is 10.1. The highest BCUT2D eigenvalue weighted by Gasteiger charge is 2.63. The molecule has 24 heavy (non-hydrogen) atoms. The van der Waals surface area contributed by atoms with Crippen molar-refractivity contribution >= 4 is 16.0 Å². The highest BCUT2D eigenvalue weighted by atomic mass is 32.2. The van der Waals surface area contributed by atoms with Crippen LogP contribution >= 0.6 is 0 Å². The van der Waals surface area contributed by atoms with E-state index in [2.05, 4.69) is 9.71 Å². The average molecular weight is 354 g/mol. The number of pyridine rings is 1. The quantitative estimate of drug-likeness (QED) is 0.821. The minimum Gasteiger partial charge on any atom is -0.466 e. The first-order valence-electron chi connectivity index (χ1n) is 8.06. The molecule has 0 aromatic carbocycles. The van der Waals surface area contributed by atoms with Gasteiger partial charge in [0.25, 0.3) is 10.0 Å². The first-order chi connectivity index (χ1) is 10.9. The minimum absolute atomic E-state index is 0.00335. The molecule has 1 aromatic rings. The van der Waals surface area contributed by atoms with Crippen LogP contribution in [0.15, 0.2) is 23.4 Å². The van der Waals surface area contributed by atoms with Gasteiger partial charge in [0.2, 0.25) is 0 Å². The third-order valence-corrected chi connectivity index (χ3v) is 5.88. The lowest BCUT2D eigenvalue weighted by Crippen LogP contribution is -2.40. The number of carbonyl (C=O) groups is 1. The zero-order valence-electron chi connectivity index (χ0n) is 15.1. The number of aromatic nitrogens is 1. The molecule has 134 valence electrons. The molecule has 1 heterocycles. The standard InChI is InChI=1S/C17H26N2O4S/c1-7-23-15(20)14-13(17(14,5)6)11-8-9-12(18-10-11)24(21,22)19-16(2,3)4/h8-10,13-14,19H,7H2,1-6H3/t13-,14+/m1/s1. The van der Waals surface area contributed by atoms with Crippen molar-refractivity contribution in [2.45, 2.75) is 58.0 Å². The van der Waals surface area contributed by atoms with Gasteiger partial charge in [-0.2, -0.15) is 0 Å². The fraction of sp³-hybridized carbons (Fsp3) is 0.647. The van der Waals surface area contributed by atoms with Crippen molar-refractivity contribution in [3.05, 3.63) is 23.9 Å². The summed E-state index contributed by atoms with van der Waals surface area (Å²) >= 11 is 0. The minimum atomic E-state index is -3.66. The summed E-state index contributed by atoms with van der Waals surface area (Å²) in [5.41, 5.74) is 0.0674. The van der Waals surface area contributed by atoms with Gasteiger partial charge in [0, 0.05) is 17.7 Å². The van der Waals surface area contributed by atoms with Gasteiger partial charge >= 0.3 is 5.97 Å². The van der Waals surface area contributed by atoms with E-state index in [0.29, 0.717) is 6.61 Å². The molecular formula is C17H26N2O4S. The van der Waals surface area contributed by atoms with Crippen molar-refractivity contribution < 1.29 is 17.9 Å². The van der Waals surface area contributed by atoms with Crippen LogP contribution in [0.3, 0.4) is 0 Å². The Hall–Kier alpha value is -1.47. The van der Waals surface area contributed by atoms with E-state index in [1.807, 2.05) is 13.8 Å². The van der Waals surface area contributed by atoms with E-state index >= 15 is 0 Å². The molecule has 0 aliphatic heterocycles. The van der Waals surface area contributed by atoms with Crippen LogP contribution in [0.5, 0.6) is 0 Å². The zero-order valence-corrected chi connectivity index (χ0v) is 15.9. The molecular weight excluding hydrogens is 328 g/mol. The van der Waals surface area contributed by atoms with Gasteiger partial charge in [-0.15, -0.1) is 0 Å². The number of sulfonamides is 1. The van der Waals surface area contributed by atoms with Crippen molar-refractivity contribution in [3.8, 4) is 0 Å². The first-order valence-corrected chi connectivity index (χ1v) is 9.55. The molecule has 2 atom stereocenters. The molecule has 7 heteroatoms. The maximum atomic E-state index is 12.3. The Morgan fingerprint density at radius 1 is 1.33 bits per heavy atom. The SMILES string of the molecule is CCOC(=O)[C@@H]1[C@@H](c2ccc(S(=O)(=O)NC(C)(C)C)nc2)C1(C)C. The van der Waals surface area contributed by atoms with Gasteiger partial charge in [-0.25, -0.2) is 18.1 Å². The Labute approximate surface area is 144 Å². The van der Waals surface area contributed by atoms with E-state index in [1.165, 1.54) is 6.07 Å². The smallest absolute Gasteiger partial charge is 0.310 e. The van der Waals surface area contributed by atoms with Crippen LogP contribution in [0.4, 0.5) is 0 Å². The van der Waals surface area contributed by atoms with Gasteiger partial charge in [-0.1, -0.05) is 19.9 Å². The van der Waals surface area contributed by atoms with Crippen molar-refractivity contribution in [1.29, 1.82) is 0 Å². The van der Waals surface area contributed by atoms with Crippen LogP contribution < -0.4 is 4.72 Å². The van der Waals surface area contributed by atoms with Gasteiger partial charge < -0.3 is 4.74 Å². The second kappa shape index (κ2) is 6.11. The van der Waals surface area contributed by atoms with E-state index in [9.17, 15) is 13.2 Å². The first kappa shape index (κ1) is 18.9. The summed E-state index contributed by atoms with van der Waals surface area (Å²) in [6.45, 7) is 11.5. The van der Waals surface area contributed by atoms with E-state index in [4.69, 9.17) is 4.74 Å². The topological polar surface area (TPSA) is 85.4 Å². The predicted molar refractivity (Wildman–Crippen MR) is 91.0 cm³/mol. The number of hydrogen-bond acceptors (Lipinski definition) is 5. The molecule has 6 nitrogen and oxygen atoms in total. The van der Waals surface area contributed by atoms with Crippen LogP contribution in [0.25, 0.3) is 0 Å². The summed E-state index contributed by atoms with van der Waals surface area (Å²) < 4.78 is 32.3. The largest absolute Gasteiger partial charge is 0.466 e. The van der Waals surface area contributed by atoms with Crippen LogP contribution in [0.2, 0.25) is 0 Å². The average Bonchev–Trinajstić information content (AvgIpc) is 2.99. The van der Waals surface area contributed by atoms with E-state index in [-0.39, 0.29) is 28.2 Å². The summed E-state index contributed by atoms with van der Waals surface area (Å²) in [6, 6.07) is 3.22. The van der Waals surface area contributed by atoms with Crippen LogP contribution in [-0.4, -0.2) is 31.5 Å². The Kier molecular flexibility index (Phi) is 4.80. The number of carbonyl (C=O) groups excluding carboxylic acids is 1. The van der Waals surface area contributed by atoms with E-state index in [1.54, 1.807) is 40.0 Å². The molecule has 1 aliphatic rings. The van der Waals surface area contributed by atoms with E-state index < -0.39 is 15.6 Å². The summed E-state index contributed by atoms with van der Waals surface area (Å²) in [6.07, 6.45) is 1.54. The van der Waals surface area contributed by atoms with Gasteiger partial charge in [0.05, 0.1) is 12.5 Å². The fourth-order valence-electron chi connectivity index (χ4n) is 3.12. The highest BCUT2D eigenvalue weighted by molar-refractivity contribution is 7.89. The van der Waals surface area contributed by atoms with Crippen LogP contribution in [0.1, 0.15) is 53.0 Å². The fourth-order valence-corrected chi connectivity index (χ4v) is 4.47. The second-order valence-corrected chi connectivity index (χ2v) is 9.44. The summed E-state index contributed by atoms with van der Waals surface area (Å²) in [7, 11) is -3.66. The third kappa shape index (κ3) is 3.78. The number of nitrogens with zero attached hydrogens (tertiary/aromatic N) is 1. The predicted octanol–water partition coefficient (Wildman–Crippen LogP) is 2.46. The molecule has 2 rings (SSSR count). The molecule has 0 spiro atoms. The van der Waals surface area contributed by atoms with Crippen molar-refractivity contribution in [2.75, 3.05) is 6.61 Å². The number of nitrogens with one attached hydrogen (secondary N) is 1. The normalized spacial score (nSPS) is 22.9. The molecule has 1 fully saturated rings. The van der Waals surface area contributed by atoms with Crippen molar-refractivity contribution in [3.63, 3.8) is 0 Å². The Bertz CT molecular complexity index is 718. The van der Waals surface area contributed by atoms with Gasteiger partial charge in [-0.05, 0) is 44.7 Å². The monoisotopic (exact) mass is 354 g/mol. The molecule has 0 saturated heterocycles. The van der Waals surface area contributed by atoms with Crippen LogP contribution in [0, 0.1) is 11.3 Å². The van der Waals surface area contributed by atoms with E-state index in [0.717, 1.165) is 5.56 Å². The molecule has 0 unspecified atom stereocenters. The van der Waals surface area contributed by atoms with Crippen LogP contribution in [-0.2, 0) is 19.6 Å². The molecule has 1 N–H and O–H groups in total. The maximum absolute atomic E-state index is 12.3. The molecule has 0 amide bonds. The van der Waals surface area contributed by atoms with Gasteiger partial charge in [0.1, 0.15) is 0 Å². The summed E-state index contributed by atoms with van der Waals surface area (Å²) in [5, 5.41) is -0.0210. The highest BCUT2D eigenvalue weighted by Crippen LogP contribution is 2.64. The Morgan fingerprint density at radius 2 is 1.96 bits per heavy atom. The van der Waals surface area contributed by atoms with Gasteiger partial charge in [-0.3, -0.25) is 4.79 Å². The second-order valence-electron chi connectivity index (χ2n) is 7.81. The summed E-state index contributed by atoms with van der Waals surface area (Å²) in [4.78, 5) is 16.1. The lowest BCUT2D eigenvalue weighted by Gasteiger charge is -2.19. The molecule has 1 aromatic heterocycles. The Balaban J connectivity index is 2.20. The van der Waals surface area contributed by atoms with Gasteiger partial charge in [0.15, 0.2) is 5.03 Å². The molecule has 1 aliphatic carbocycles. The number of hydrogen-bond donors (Lipinski definition) is 1. The number of rotatable bonds is 5. The molecule has 1 saturated carbocycles. The number of esters is 1.